The number of hydrogen-bond donors (Lipinski definition) is 1. The molecule has 1 N–H and O–H groups in total. The lowest BCUT2D eigenvalue weighted by Crippen LogP contribution is -2.00. The van der Waals surface area contributed by atoms with Gasteiger partial charge < -0.3 is 9.84 Å². The van der Waals surface area contributed by atoms with Gasteiger partial charge in [-0.25, -0.2) is 9.18 Å². The van der Waals surface area contributed by atoms with Gasteiger partial charge in [0.1, 0.15) is 17.1 Å². The Morgan fingerprint density at radius 3 is 2.61 bits per heavy atom. The summed E-state index contributed by atoms with van der Waals surface area (Å²) in [5.41, 5.74) is -0.0771. The van der Waals surface area contributed by atoms with E-state index in [1.54, 1.807) is 0 Å². The molecule has 0 unspecified atom stereocenters. The Balaban J connectivity index is 2.42. The topological polar surface area (TPSA) is 46.5 Å². The second-order valence-electron chi connectivity index (χ2n) is 3.48. The Hall–Kier alpha value is -2.07. The Kier molecular flexibility index (Phi) is 3.48. The van der Waals surface area contributed by atoms with Crippen LogP contribution < -0.4 is 4.74 Å². The van der Waals surface area contributed by atoms with Crippen LogP contribution in [0.4, 0.5) is 4.39 Å². The molecule has 2 aromatic rings. The third-order valence-corrected chi connectivity index (χ3v) is 2.51. The summed E-state index contributed by atoms with van der Waals surface area (Å²) in [7, 11) is 0. The lowest BCUT2D eigenvalue weighted by Gasteiger charge is -2.10. The molecule has 0 bridgehead atoms. The summed E-state index contributed by atoms with van der Waals surface area (Å²) in [6.45, 7) is 0. The van der Waals surface area contributed by atoms with E-state index in [9.17, 15) is 9.18 Å². The van der Waals surface area contributed by atoms with Crippen molar-refractivity contribution in [3.63, 3.8) is 0 Å². The molecule has 0 heterocycles. The summed E-state index contributed by atoms with van der Waals surface area (Å²) >= 11 is 5.88. The fraction of sp³-hybridized carbons (Fsp3) is 0. The van der Waals surface area contributed by atoms with Gasteiger partial charge in [0.25, 0.3) is 0 Å². The van der Waals surface area contributed by atoms with Crippen molar-refractivity contribution in [2.24, 2.45) is 0 Å². The maximum Gasteiger partial charge on any atom is 0.339 e. The predicted molar refractivity (Wildman–Crippen MR) is 64.9 cm³/mol. The zero-order chi connectivity index (χ0) is 13.1. The Morgan fingerprint density at radius 1 is 1.22 bits per heavy atom. The highest BCUT2D eigenvalue weighted by molar-refractivity contribution is 6.32. The highest BCUT2D eigenvalue weighted by atomic mass is 35.5. The van der Waals surface area contributed by atoms with Crippen LogP contribution in [0.3, 0.4) is 0 Å². The van der Waals surface area contributed by atoms with Gasteiger partial charge in [0.2, 0.25) is 0 Å². The quantitative estimate of drug-likeness (QED) is 0.914. The zero-order valence-corrected chi connectivity index (χ0v) is 9.82. The first kappa shape index (κ1) is 12.4. The number of carboxylic acid groups (broad SMARTS) is 1. The predicted octanol–water partition coefficient (Wildman–Crippen LogP) is 3.97. The molecule has 0 aliphatic carbocycles. The molecule has 0 atom stereocenters. The minimum absolute atomic E-state index is 0.00253. The number of hydrogen-bond acceptors (Lipinski definition) is 2. The maximum atomic E-state index is 13.0. The molecule has 0 radical (unpaired) electrons. The molecule has 0 amide bonds. The second-order valence-corrected chi connectivity index (χ2v) is 3.89. The summed E-state index contributed by atoms with van der Waals surface area (Å²) in [6, 6.07) is 9.75. The Morgan fingerprint density at radius 2 is 1.94 bits per heavy atom. The van der Waals surface area contributed by atoms with E-state index in [2.05, 4.69) is 0 Å². The molecule has 2 rings (SSSR count). The van der Waals surface area contributed by atoms with Crippen molar-refractivity contribution >= 4 is 17.6 Å². The van der Waals surface area contributed by atoms with E-state index in [1.165, 1.54) is 36.4 Å². The number of halogens is 2. The molecule has 0 aliphatic heterocycles. The van der Waals surface area contributed by atoms with E-state index in [1.807, 2.05) is 0 Å². The van der Waals surface area contributed by atoms with Crippen molar-refractivity contribution in [1.82, 2.24) is 0 Å². The van der Waals surface area contributed by atoms with E-state index < -0.39 is 11.8 Å². The SMILES string of the molecule is O=C(O)c1cccc(Cl)c1Oc1cccc(F)c1. The number of carboxylic acids is 1. The molecule has 0 fully saturated rings. The van der Waals surface area contributed by atoms with Crippen molar-refractivity contribution in [3.05, 3.63) is 58.9 Å². The third kappa shape index (κ3) is 2.60. The first-order valence-corrected chi connectivity index (χ1v) is 5.41. The molecule has 2 aromatic carbocycles. The highest BCUT2D eigenvalue weighted by Gasteiger charge is 2.15. The fourth-order valence-electron chi connectivity index (χ4n) is 1.43. The highest BCUT2D eigenvalue weighted by Crippen LogP contribution is 2.33. The molecule has 5 heteroatoms. The smallest absolute Gasteiger partial charge is 0.339 e. The van der Waals surface area contributed by atoms with E-state index in [0.717, 1.165) is 6.07 Å². The van der Waals surface area contributed by atoms with Gasteiger partial charge in [0.05, 0.1) is 5.02 Å². The van der Waals surface area contributed by atoms with Crippen LogP contribution in [0.15, 0.2) is 42.5 Å². The summed E-state index contributed by atoms with van der Waals surface area (Å²) in [4.78, 5) is 11.0. The number of ether oxygens (including phenoxy) is 1. The molecule has 0 spiro atoms. The molecular weight excluding hydrogens is 259 g/mol. The van der Waals surface area contributed by atoms with Crippen LogP contribution in [0.2, 0.25) is 5.02 Å². The van der Waals surface area contributed by atoms with Crippen LogP contribution in [0.1, 0.15) is 10.4 Å². The molecule has 0 saturated carbocycles. The van der Waals surface area contributed by atoms with Gasteiger partial charge in [0.15, 0.2) is 5.75 Å². The molecule has 0 aliphatic rings. The Labute approximate surface area is 107 Å². The molecule has 3 nitrogen and oxygen atoms in total. The summed E-state index contributed by atoms with van der Waals surface area (Å²) < 4.78 is 18.3. The van der Waals surface area contributed by atoms with Crippen molar-refractivity contribution in [1.29, 1.82) is 0 Å². The van der Waals surface area contributed by atoms with Gasteiger partial charge in [-0.15, -0.1) is 0 Å². The molecule has 18 heavy (non-hydrogen) atoms. The van der Waals surface area contributed by atoms with Crippen LogP contribution in [0.5, 0.6) is 11.5 Å². The van der Waals surface area contributed by atoms with Crippen molar-refractivity contribution in [3.8, 4) is 11.5 Å². The van der Waals surface area contributed by atoms with Gasteiger partial charge in [-0.2, -0.15) is 0 Å². The average molecular weight is 267 g/mol. The minimum atomic E-state index is -1.16. The number of benzene rings is 2. The van der Waals surface area contributed by atoms with Gasteiger partial charge in [0, 0.05) is 6.07 Å². The Bertz CT molecular complexity index is 599. The lowest BCUT2D eigenvalue weighted by molar-refractivity contribution is 0.0694. The van der Waals surface area contributed by atoms with E-state index in [4.69, 9.17) is 21.4 Å². The number of para-hydroxylation sites is 1. The molecule has 92 valence electrons. The zero-order valence-electron chi connectivity index (χ0n) is 9.06. The number of carbonyl (C=O) groups is 1. The molecular formula is C13H8ClFO3. The number of aromatic carboxylic acids is 1. The summed E-state index contributed by atoms with van der Waals surface area (Å²) in [5, 5.41) is 9.16. The minimum Gasteiger partial charge on any atom is -0.478 e. The van der Waals surface area contributed by atoms with E-state index in [0.29, 0.717) is 0 Å². The van der Waals surface area contributed by atoms with Gasteiger partial charge >= 0.3 is 5.97 Å². The normalized spacial score (nSPS) is 10.1. The second kappa shape index (κ2) is 5.06. The van der Waals surface area contributed by atoms with Crippen molar-refractivity contribution in [2.45, 2.75) is 0 Å². The van der Waals surface area contributed by atoms with E-state index in [-0.39, 0.29) is 22.1 Å². The maximum absolute atomic E-state index is 13.0. The van der Waals surface area contributed by atoms with Crippen molar-refractivity contribution < 1.29 is 19.0 Å². The lowest BCUT2D eigenvalue weighted by atomic mass is 10.2. The average Bonchev–Trinajstić information content (AvgIpc) is 2.31. The monoisotopic (exact) mass is 266 g/mol. The van der Waals surface area contributed by atoms with Gasteiger partial charge in [-0.1, -0.05) is 23.7 Å². The van der Waals surface area contributed by atoms with Crippen LogP contribution in [-0.2, 0) is 0 Å². The summed E-state index contributed by atoms with van der Waals surface area (Å²) in [5.74, 6) is -1.46. The van der Waals surface area contributed by atoms with Gasteiger partial charge in [-0.3, -0.25) is 0 Å². The largest absolute Gasteiger partial charge is 0.478 e. The third-order valence-electron chi connectivity index (χ3n) is 2.21. The van der Waals surface area contributed by atoms with Crippen LogP contribution in [-0.4, -0.2) is 11.1 Å². The van der Waals surface area contributed by atoms with Gasteiger partial charge in [-0.05, 0) is 24.3 Å². The fourth-order valence-corrected chi connectivity index (χ4v) is 1.64. The van der Waals surface area contributed by atoms with Crippen molar-refractivity contribution in [2.75, 3.05) is 0 Å². The standard InChI is InChI=1S/C13H8ClFO3/c14-11-6-2-5-10(13(16)17)12(11)18-9-4-1-3-8(15)7-9/h1-7H,(H,16,17). The number of rotatable bonds is 3. The van der Waals surface area contributed by atoms with Crippen LogP contribution in [0.25, 0.3) is 0 Å². The van der Waals surface area contributed by atoms with E-state index >= 15 is 0 Å². The van der Waals surface area contributed by atoms with Crippen LogP contribution in [0, 0.1) is 5.82 Å². The first-order valence-electron chi connectivity index (χ1n) is 5.03. The molecule has 0 aromatic heterocycles. The first-order chi connectivity index (χ1) is 8.58. The summed E-state index contributed by atoms with van der Waals surface area (Å²) in [6.07, 6.45) is 0. The van der Waals surface area contributed by atoms with Crippen LogP contribution >= 0.6 is 11.6 Å². The molecule has 0 saturated heterocycles.